The molecule has 0 bridgehead atoms. The molecule has 122 valence electrons. The Morgan fingerprint density at radius 1 is 1.36 bits per heavy atom. The van der Waals surface area contributed by atoms with Gasteiger partial charge in [0.2, 0.25) is 5.91 Å². The molecule has 0 aromatic heterocycles. The van der Waals surface area contributed by atoms with E-state index in [0.29, 0.717) is 0 Å². The fourth-order valence-corrected chi connectivity index (χ4v) is 3.05. The highest BCUT2D eigenvalue weighted by atomic mass is 16.1. The number of carbonyl (C=O) groups is 1. The number of likely N-dealkylation sites (tertiary alicyclic amines) is 1. The summed E-state index contributed by atoms with van der Waals surface area (Å²) in [5, 5.41) is 3.12. The van der Waals surface area contributed by atoms with Gasteiger partial charge in [-0.3, -0.25) is 9.69 Å². The first-order chi connectivity index (χ1) is 10.7. The van der Waals surface area contributed by atoms with Gasteiger partial charge in [0, 0.05) is 26.2 Å². The number of benzene rings is 1. The summed E-state index contributed by atoms with van der Waals surface area (Å²) in [6.07, 6.45) is 2.15. The molecule has 22 heavy (non-hydrogen) atoms. The lowest BCUT2D eigenvalue weighted by Crippen LogP contribution is -2.43. The summed E-state index contributed by atoms with van der Waals surface area (Å²) in [7, 11) is 2.10. The minimum absolute atomic E-state index is 0.169. The molecule has 1 unspecified atom stereocenters. The van der Waals surface area contributed by atoms with Crippen molar-refractivity contribution in [3.8, 4) is 0 Å². The number of piperidine rings is 1. The fourth-order valence-electron chi connectivity index (χ4n) is 3.05. The monoisotopic (exact) mass is 303 g/mol. The molecule has 1 aliphatic rings. The van der Waals surface area contributed by atoms with Crippen molar-refractivity contribution in [2.75, 3.05) is 39.8 Å². The second kappa shape index (κ2) is 8.91. The molecule has 1 fully saturated rings. The summed E-state index contributed by atoms with van der Waals surface area (Å²) >= 11 is 0. The molecule has 1 aromatic carbocycles. The van der Waals surface area contributed by atoms with Gasteiger partial charge in [-0.05, 0) is 38.5 Å². The largest absolute Gasteiger partial charge is 0.355 e. The van der Waals surface area contributed by atoms with E-state index in [-0.39, 0.29) is 11.8 Å². The Morgan fingerprint density at radius 3 is 2.82 bits per heavy atom. The van der Waals surface area contributed by atoms with Gasteiger partial charge in [0.1, 0.15) is 0 Å². The number of nitrogens with one attached hydrogen (secondary N) is 1. The summed E-state index contributed by atoms with van der Waals surface area (Å²) in [6.45, 7) is 7.76. The van der Waals surface area contributed by atoms with Crippen molar-refractivity contribution in [2.24, 2.45) is 5.92 Å². The van der Waals surface area contributed by atoms with Gasteiger partial charge in [-0.15, -0.1) is 0 Å². The molecule has 0 saturated carbocycles. The fraction of sp³-hybridized carbons (Fsp3) is 0.611. The van der Waals surface area contributed by atoms with E-state index in [4.69, 9.17) is 0 Å². The van der Waals surface area contributed by atoms with Gasteiger partial charge < -0.3 is 10.2 Å². The van der Waals surface area contributed by atoms with Crippen LogP contribution < -0.4 is 5.32 Å². The molecule has 1 saturated heterocycles. The number of rotatable bonds is 7. The minimum atomic E-state index is 0.169. The van der Waals surface area contributed by atoms with E-state index in [0.717, 1.165) is 52.1 Å². The molecule has 0 spiro atoms. The van der Waals surface area contributed by atoms with Crippen molar-refractivity contribution < 1.29 is 4.79 Å². The molecular formula is C18H29N3O. The molecule has 1 aliphatic heterocycles. The van der Waals surface area contributed by atoms with Crippen LogP contribution in [-0.2, 0) is 11.3 Å². The van der Waals surface area contributed by atoms with E-state index in [1.165, 1.54) is 5.56 Å². The van der Waals surface area contributed by atoms with Gasteiger partial charge >= 0.3 is 0 Å². The Labute approximate surface area is 134 Å². The maximum Gasteiger partial charge on any atom is 0.224 e. The van der Waals surface area contributed by atoms with E-state index in [1.54, 1.807) is 0 Å². The standard InChI is InChI=1S/C18H29N3O/c1-3-21(14-16-8-5-4-6-9-16)13-11-19-18(22)17-10-7-12-20(2)15-17/h4-6,8-9,17H,3,7,10-15H2,1-2H3,(H,19,22). The zero-order chi connectivity index (χ0) is 15.8. The van der Waals surface area contributed by atoms with E-state index in [2.05, 4.69) is 53.4 Å². The smallest absolute Gasteiger partial charge is 0.224 e. The first kappa shape index (κ1) is 17.0. The number of nitrogens with zero attached hydrogens (tertiary/aromatic N) is 2. The van der Waals surface area contributed by atoms with Crippen LogP contribution in [0.3, 0.4) is 0 Å². The Balaban J connectivity index is 1.70. The van der Waals surface area contributed by atoms with Crippen LogP contribution in [0.4, 0.5) is 0 Å². The number of hydrogen-bond acceptors (Lipinski definition) is 3. The topological polar surface area (TPSA) is 35.6 Å². The molecular weight excluding hydrogens is 274 g/mol. The van der Waals surface area contributed by atoms with E-state index in [9.17, 15) is 4.79 Å². The zero-order valence-corrected chi connectivity index (χ0v) is 13.9. The van der Waals surface area contributed by atoms with Crippen LogP contribution >= 0.6 is 0 Å². The molecule has 0 radical (unpaired) electrons. The summed E-state index contributed by atoms with van der Waals surface area (Å²) in [5.74, 6) is 0.394. The third-order valence-electron chi connectivity index (χ3n) is 4.42. The Morgan fingerprint density at radius 2 is 2.14 bits per heavy atom. The van der Waals surface area contributed by atoms with Crippen LogP contribution in [0.2, 0.25) is 0 Å². The molecule has 0 aliphatic carbocycles. The first-order valence-corrected chi connectivity index (χ1v) is 8.41. The SMILES string of the molecule is CCN(CCNC(=O)C1CCCN(C)C1)Cc1ccccc1. The van der Waals surface area contributed by atoms with Gasteiger partial charge in [0.05, 0.1) is 5.92 Å². The molecule has 4 nitrogen and oxygen atoms in total. The van der Waals surface area contributed by atoms with Gasteiger partial charge in [-0.25, -0.2) is 0 Å². The lowest BCUT2D eigenvalue weighted by Gasteiger charge is -2.29. The zero-order valence-electron chi connectivity index (χ0n) is 13.9. The van der Waals surface area contributed by atoms with Crippen molar-refractivity contribution in [3.63, 3.8) is 0 Å². The molecule has 1 aromatic rings. The molecule has 1 heterocycles. The van der Waals surface area contributed by atoms with Crippen LogP contribution in [0.5, 0.6) is 0 Å². The quantitative estimate of drug-likeness (QED) is 0.836. The second-order valence-corrected chi connectivity index (χ2v) is 6.25. The lowest BCUT2D eigenvalue weighted by molar-refractivity contribution is -0.126. The number of hydrogen-bond donors (Lipinski definition) is 1. The van der Waals surface area contributed by atoms with Crippen molar-refractivity contribution in [3.05, 3.63) is 35.9 Å². The van der Waals surface area contributed by atoms with Gasteiger partial charge in [0.25, 0.3) is 0 Å². The minimum Gasteiger partial charge on any atom is -0.355 e. The molecule has 1 amide bonds. The summed E-state index contributed by atoms with van der Waals surface area (Å²) in [5.41, 5.74) is 1.32. The highest BCUT2D eigenvalue weighted by Gasteiger charge is 2.23. The Kier molecular flexibility index (Phi) is 6.87. The summed E-state index contributed by atoms with van der Waals surface area (Å²) in [6, 6.07) is 10.5. The molecule has 4 heteroatoms. The van der Waals surface area contributed by atoms with Gasteiger partial charge in [-0.1, -0.05) is 37.3 Å². The Bertz CT molecular complexity index is 449. The molecule has 1 atom stereocenters. The predicted molar refractivity (Wildman–Crippen MR) is 90.6 cm³/mol. The highest BCUT2D eigenvalue weighted by Crippen LogP contribution is 2.14. The van der Waals surface area contributed by atoms with E-state index >= 15 is 0 Å². The molecule has 2 rings (SSSR count). The normalized spacial score (nSPS) is 19.3. The van der Waals surface area contributed by atoms with Crippen molar-refractivity contribution in [2.45, 2.75) is 26.3 Å². The maximum atomic E-state index is 12.2. The highest BCUT2D eigenvalue weighted by molar-refractivity contribution is 5.78. The van der Waals surface area contributed by atoms with E-state index < -0.39 is 0 Å². The summed E-state index contributed by atoms with van der Waals surface area (Å²) < 4.78 is 0. The Hall–Kier alpha value is -1.39. The second-order valence-electron chi connectivity index (χ2n) is 6.25. The average Bonchev–Trinajstić information content (AvgIpc) is 2.54. The van der Waals surface area contributed by atoms with Gasteiger partial charge in [-0.2, -0.15) is 0 Å². The van der Waals surface area contributed by atoms with Crippen molar-refractivity contribution in [1.29, 1.82) is 0 Å². The average molecular weight is 303 g/mol. The van der Waals surface area contributed by atoms with Crippen LogP contribution in [0.1, 0.15) is 25.3 Å². The van der Waals surface area contributed by atoms with E-state index in [1.807, 2.05) is 6.07 Å². The third-order valence-corrected chi connectivity index (χ3v) is 4.42. The third kappa shape index (κ3) is 5.43. The van der Waals surface area contributed by atoms with Gasteiger partial charge in [0.15, 0.2) is 0 Å². The van der Waals surface area contributed by atoms with Crippen LogP contribution in [0.25, 0.3) is 0 Å². The van der Waals surface area contributed by atoms with Crippen LogP contribution in [0.15, 0.2) is 30.3 Å². The van der Waals surface area contributed by atoms with Crippen LogP contribution in [-0.4, -0.2) is 55.5 Å². The van der Waals surface area contributed by atoms with Crippen molar-refractivity contribution in [1.82, 2.24) is 15.1 Å². The van der Waals surface area contributed by atoms with Crippen molar-refractivity contribution >= 4 is 5.91 Å². The number of likely N-dealkylation sites (N-methyl/N-ethyl adjacent to an activating group) is 1. The van der Waals surface area contributed by atoms with Crippen LogP contribution in [0, 0.1) is 5.92 Å². The lowest BCUT2D eigenvalue weighted by atomic mass is 9.98. The molecule has 1 N–H and O–H groups in total. The first-order valence-electron chi connectivity index (χ1n) is 8.41. The maximum absolute atomic E-state index is 12.2. The summed E-state index contributed by atoms with van der Waals surface area (Å²) in [4.78, 5) is 16.8. The number of amides is 1. The predicted octanol–water partition coefficient (Wildman–Crippen LogP) is 1.97. The number of carbonyl (C=O) groups excluding carboxylic acids is 1.